The van der Waals surface area contributed by atoms with Crippen LogP contribution >= 0.6 is 0 Å². The lowest BCUT2D eigenvalue weighted by atomic mass is 10.1. The SMILES string of the molecule is CCOC[C@H]1NCCc2ncn(C)c21. The molecule has 0 bridgehead atoms. The maximum Gasteiger partial charge on any atom is 0.0949 e. The number of imidazole rings is 1. The Morgan fingerprint density at radius 3 is 3.36 bits per heavy atom. The predicted molar refractivity (Wildman–Crippen MR) is 54.1 cm³/mol. The number of hydrogen-bond donors (Lipinski definition) is 1. The van der Waals surface area contributed by atoms with E-state index in [4.69, 9.17) is 4.74 Å². The van der Waals surface area contributed by atoms with Gasteiger partial charge in [0, 0.05) is 26.6 Å². The molecule has 0 saturated heterocycles. The van der Waals surface area contributed by atoms with Crippen LogP contribution in [0, 0.1) is 0 Å². The van der Waals surface area contributed by atoms with Gasteiger partial charge in [0.05, 0.1) is 30.4 Å². The van der Waals surface area contributed by atoms with Gasteiger partial charge in [0.25, 0.3) is 0 Å². The van der Waals surface area contributed by atoms with E-state index in [2.05, 4.69) is 14.9 Å². The molecule has 0 spiro atoms. The molecule has 1 aromatic heterocycles. The molecule has 0 amide bonds. The van der Waals surface area contributed by atoms with Crippen LogP contribution in [0.4, 0.5) is 0 Å². The fourth-order valence-corrected chi connectivity index (χ4v) is 1.96. The first-order chi connectivity index (χ1) is 6.83. The fraction of sp³-hybridized carbons (Fsp3) is 0.700. The molecule has 1 aliphatic rings. The van der Waals surface area contributed by atoms with Crippen LogP contribution < -0.4 is 5.32 Å². The standard InChI is InChI=1S/C10H17N3O/c1-3-14-6-9-10-8(4-5-11-9)12-7-13(10)2/h7,9,11H,3-6H2,1-2H3/t9-/m1/s1. The van der Waals surface area contributed by atoms with Crippen molar-refractivity contribution in [1.82, 2.24) is 14.9 Å². The summed E-state index contributed by atoms with van der Waals surface area (Å²) in [5, 5.41) is 3.45. The Labute approximate surface area is 84.3 Å². The Hall–Kier alpha value is -0.870. The van der Waals surface area contributed by atoms with Gasteiger partial charge in [-0.1, -0.05) is 0 Å². The largest absolute Gasteiger partial charge is 0.380 e. The Bertz CT molecular complexity index is 308. The lowest BCUT2D eigenvalue weighted by Crippen LogP contribution is -2.34. The molecule has 78 valence electrons. The van der Waals surface area contributed by atoms with Gasteiger partial charge in [-0.15, -0.1) is 0 Å². The topological polar surface area (TPSA) is 39.1 Å². The van der Waals surface area contributed by atoms with Gasteiger partial charge in [-0.25, -0.2) is 4.98 Å². The number of hydrogen-bond acceptors (Lipinski definition) is 3. The maximum atomic E-state index is 5.45. The second-order valence-electron chi connectivity index (χ2n) is 3.60. The normalized spacial score (nSPS) is 20.9. The quantitative estimate of drug-likeness (QED) is 0.769. The molecular weight excluding hydrogens is 178 g/mol. The van der Waals surface area contributed by atoms with Crippen molar-refractivity contribution >= 4 is 0 Å². The number of aryl methyl sites for hydroxylation is 1. The lowest BCUT2D eigenvalue weighted by molar-refractivity contribution is 0.119. The number of nitrogens with zero attached hydrogens (tertiary/aromatic N) is 2. The minimum absolute atomic E-state index is 0.311. The first-order valence-corrected chi connectivity index (χ1v) is 5.14. The van der Waals surface area contributed by atoms with E-state index in [1.54, 1.807) is 0 Å². The smallest absolute Gasteiger partial charge is 0.0949 e. The van der Waals surface area contributed by atoms with Gasteiger partial charge >= 0.3 is 0 Å². The third-order valence-corrected chi connectivity index (χ3v) is 2.63. The summed E-state index contributed by atoms with van der Waals surface area (Å²) in [7, 11) is 2.04. The molecule has 0 fully saturated rings. The Morgan fingerprint density at radius 1 is 1.71 bits per heavy atom. The minimum atomic E-state index is 0.311. The summed E-state index contributed by atoms with van der Waals surface area (Å²) in [6.45, 7) is 4.53. The minimum Gasteiger partial charge on any atom is -0.380 e. The van der Waals surface area contributed by atoms with Crippen LogP contribution in [0.15, 0.2) is 6.33 Å². The van der Waals surface area contributed by atoms with Crippen molar-refractivity contribution in [3.05, 3.63) is 17.7 Å². The number of ether oxygens (including phenoxy) is 1. The molecule has 14 heavy (non-hydrogen) atoms. The zero-order chi connectivity index (χ0) is 9.97. The van der Waals surface area contributed by atoms with Crippen molar-refractivity contribution in [2.75, 3.05) is 19.8 Å². The predicted octanol–water partition coefficient (Wildman–Crippen LogP) is 0.643. The molecule has 4 nitrogen and oxygen atoms in total. The van der Waals surface area contributed by atoms with E-state index in [1.807, 2.05) is 20.3 Å². The van der Waals surface area contributed by atoms with E-state index in [-0.39, 0.29) is 0 Å². The third kappa shape index (κ3) is 1.67. The number of rotatable bonds is 3. The summed E-state index contributed by atoms with van der Waals surface area (Å²) < 4.78 is 7.54. The van der Waals surface area contributed by atoms with Crippen molar-refractivity contribution < 1.29 is 4.74 Å². The highest BCUT2D eigenvalue weighted by molar-refractivity contribution is 5.20. The highest BCUT2D eigenvalue weighted by Crippen LogP contribution is 2.21. The molecular formula is C10H17N3O. The first-order valence-electron chi connectivity index (χ1n) is 5.14. The zero-order valence-corrected chi connectivity index (χ0v) is 8.79. The van der Waals surface area contributed by atoms with Gasteiger partial charge in [-0.05, 0) is 6.92 Å². The van der Waals surface area contributed by atoms with Crippen LogP contribution in [0.2, 0.25) is 0 Å². The van der Waals surface area contributed by atoms with Crippen LogP contribution in [0.25, 0.3) is 0 Å². The summed E-state index contributed by atoms with van der Waals surface area (Å²) in [6, 6.07) is 0.311. The molecule has 0 aliphatic carbocycles. The zero-order valence-electron chi connectivity index (χ0n) is 8.79. The Balaban J connectivity index is 2.16. The van der Waals surface area contributed by atoms with E-state index < -0.39 is 0 Å². The number of nitrogens with one attached hydrogen (secondary N) is 1. The van der Waals surface area contributed by atoms with Crippen LogP contribution in [0.3, 0.4) is 0 Å². The number of aromatic nitrogens is 2. The van der Waals surface area contributed by atoms with E-state index in [0.717, 1.165) is 26.2 Å². The van der Waals surface area contributed by atoms with Gasteiger partial charge in [0.2, 0.25) is 0 Å². The van der Waals surface area contributed by atoms with Gasteiger partial charge in [0.1, 0.15) is 0 Å². The molecule has 1 N–H and O–H groups in total. The van der Waals surface area contributed by atoms with Crippen LogP contribution in [0.5, 0.6) is 0 Å². The molecule has 0 saturated carbocycles. The summed E-state index contributed by atoms with van der Waals surface area (Å²) in [6.07, 6.45) is 2.91. The second-order valence-corrected chi connectivity index (χ2v) is 3.60. The van der Waals surface area contributed by atoms with Gasteiger partial charge in [0.15, 0.2) is 0 Å². The summed E-state index contributed by atoms with van der Waals surface area (Å²) in [4.78, 5) is 4.38. The molecule has 1 aliphatic heterocycles. The number of fused-ring (bicyclic) bond motifs is 1. The molecule has 2 heterocycles. The monoisotopic (exact) mass is 195 g/mol. The molecule has 1 atom stereocenters. The van der Waals surface area contributed by atoms with Crippen molar-refractivity contribution in [3.63, 3.8) is 0 Å². The first kappa shape index (κ1) is 9.68. The molecule has 0 aromatic carbocycles. The lowest BCUT2D eigenvalue weighted by Gasteiger charge is -2.24. The van der Waals surface area contributed by atoms with E-state index in [0.29, 0.717) is 6.04 Å². The summed E-state index contributed by atoms with van der Waals surface area (Å²) >= 11 is 0. The van der Waals surface area contributed by atoms with Gasteiger partial charge in [-0.3, -0.25) is 0 Å². The third-order valence-electron chi connectivity index (χ3n) is 2.63. The van der Waals surface area contributed by atoms with E-state index in [1.165, 1.54) is 11.4 Å². The Morgan fingerprint density at radius 2 is 2.57 bits per heavy atom. The van der Waals surface area contributed by atoms with E-state index >= 15 is 0 Å². The highest BCUT2D eigenvalue weighted by atomic mass is 16.5. The van der Waals surface area contributed by atoms with Crippen molar-refractivity contribution in [3.8, 4) is 0 Å². The van der Waals surface area contributed by atoms with Crippen molar-refractivity contribution in [2.45, 2.75) is 19.4 Å². The summed E-state index contributed by atoms with van der Waals surface area (Å²) in [5.74, 6) is 0. The van der Waals surface area contributed by atoms with Crippen LogP contribution in [0.1, 0.15) is 24.4 Å². The average molecular weight is 195 g/mol. The second kappa shape index (κ2) is 4.11. The molecule has 2 rings (SSSR count). The van der Waals surface area contributed by atoms with Gasteiger partial charge < -0.3 is 14.6 Å². The van der Waals surface area contributed by atoms with Crippen LogP contribution in [-0.2, 0) is 18.2 Å². The average Bonchev–Trinajstić information content (AvgIpc) is 2.58. The Kier molecular flexibility index (Phi) is 2.84. The molecule has 1 aromatic rings. The molecule has 4 heteroatoms. The maximum absolute atomic E-state index is 5.45. The van der Waals surface area contributed by atoms with E-state index in [9.17, 15) is 0 Å². The van der Waals surface area contributed by atoms with Crippen LogP contribution in [-0.4, -0.2) is 29.3 Å². The highest BCUT2D eigenvalue weighted by Gasteiger charge is 2.23. The molecule has 0 unspecified atom stereocenters. The van der Waals surface area contributed by atoms with Crippen molar-refractivity contribution in [1.29, 1.82) is 0 Å². The fourth-order valence-electron chi connectivity index (χ4n) is 1.96. The van der Waals surface area contributed by atoms with Gasteiger partial charge in [-0.2, -0.15) is 0 Å². The molecule has 0 radical (unpaired) electrons. The summed E-state index contributed by atoms with van der Waals surface area (Å²) in [5.41, 5.74) is 2.50. The van der Waals surface area contributed by atoms with Crippen molar-refractivity contribution in [2.24, 2.45) is 7.05 Å².